The van der Waals surface area contributed by atoms with Crippen LogP contribution < -0.4 is 5.73 Å². The normalized spacial score (nSPS) is 10.7. The minimum absolute atomic E-state index is 0.0948. The van der Waals surface area contributed by atoms with E-state index in [9.17, 15) is 0 Å². The van der Waals surface area contributed by atoms with Crippen LogP contribution >= 0.6 is 0 Å². The van der Waals surface area contributed by atoms with E-state index in [1.807, 2.05) is 48.8 Å². The molecule has 1 heterocycles. The van der Waals surface area contributed by atoms with Gasteiger partial charge >= 0.3 is 0 Å². The Bertz CT molecular complexity index is 742. The molecule has 94 valence electrons. The lowest BCUT2D eigenvalue weighted by Gasteiger charge is -2.06. The Hall–Kier alpha value is -2.62. The lowest BCUT2D eigenvalue weighted by molar-refractivity contribution is 0.824. The van der Waals surface area contributed by atoms with E-state index in [1.165, 1.54) is 0 Å². The third kappa shape index (κ3) is 2.20. The van der Waals surface area contributed by atoms with Crippen LogP contribution in [0.3, 0.4) is 0 Å². The minimum atomic E-state index is 0.0948. The van der Waals surface area contributed by atoms with Gasteiger partial charge in [-0.15, -0.1) is 0 Å². The van der Waals surface area contributed by atoms with Gasteiger partial charge < -0.3 is 10.3 Å². The molecule has 2 aromatic carbocycles. The topological polar surface area (TPSA) is 67.7 Å². The van der Waals surface area contributed by atoms with Gasteiger partial charge in [0.2, 0.25) is 0 Å². The van der Waals surface area contributed by atoms with Crippen molar-refractivity contribution in [2.75, 3.05) is 0 Å². The second-order valence-corrected chi connectivity index (χ2v) is 4.48. The van der Waals surface area contributed by atoms with Crippen LogP contribution in [-0.2, 0) is 6.54 Å². The average molecular weight is 250 g/mol. The molecule has 0 aliphatic carbocycles. The van der Waals surface area contributed by atoms with E-state index < -0.39 is 0 Å². The third-order valence-electron chi connectivity index (χ3n) is 3.12. The van der Waals surface area contributed by atoms with Gasteiger partial charge in [-0.05, 0) is 23.8 Å². The summed E-state index contributed by atoms with van der Waals surface area (Å²) in [7, 11) is 0. The molecule has 3 N–H and O–H groups in total. The number of para-hydroxylation sites is 2. The van der Waals surface area contributed by atoms with Crippen molar-refractivity contribution in [2.24, 2.45) is 5.73 Å². The highest BCUT2D eigenvalue weighted by atomic mass is 15.0. The third-order valence-corrected chi connectivity index (χ3v) is 3.12. The second-order valence-electron chi connectivity index (χ2n) is 4.48. The first-order valence-electron chi connectivity index (χ1n) is 6.07. The van der Waals surface area contributed by atoms with Crippen molar-refractivity contribution in [1.82, 2.24) is 9.55 Å². The van der Waals surface area contributed by atoms with Crippen LogP contribution in [0.4, 0.5) is 0 Å². The van der Waals surface area contributed by atoms with Gasteiger partial charge in [0, 0.05) is 12.1 Å². The Kier molecular flexibility index (Phi) is 2.76. The van der Waals surface area contributed by atoms with Crippen LogP contribution in [-0.4, -0.2) is 15.4 Å². The van der Waals surface area contributed by atoms with Crippen LogP contribution in [0.25, 0.3) is 11.0 Å². The maximum Gasteiger partial charge on any atom is 0.122 e. The van der Waals surface area contributed by atoms with E-state index in [0.717, 1.165) is 28.7 Å². The highest BCUT2D eigenvalue weighted by Gasteiger charge is 2.03. The zero-order valence-corrected chi connectivity index (χ0v) is 10.4. The van der Waals surface area contributed by atoms with E-state index in [2.05, 4.69) is 15.6 Å². The Morgan fingerprint density at radius 1 is 1.16 bits per heavy atom. The van der Waals surface area contributed by atoms with Crippen molar-refractivity contribution < 1.29 is 0 Å². The highest BCUT2D eigenvalue weighted by molar-refractivity contribution is 5.95. The zero-order chi connectivity index (χ0) is 13.2. The molecule has 19 heavy (non-hydrogen) atoms. The number of benzene rings is 2. The predicted octanol–water partition coefficient (Wildman–Crippen LogP) is 2.37. The molecule has 0 radical (unpaired) electrons. The number of rotatable bonds is 3. The van der Waals surface area contributed by atoms with Crippen molar-refractivity contribution in [2.45, 2.75) is 6.54 Å². The average Bonchev–Trinajstić information content (AvgIpc) is 2.83. The van der Waals surface area contributed by atoms with Crippen LogP contribution in [0, 0.1) is 5.41 Å². The van der Waals surface area contributed by atoms with Gasteiger partial charge in [-0.2, -0.15) is 0 Å². The van der Waals surface area contributed by atoms with Crippen molar-refractivity contribution in [1.29, 1.82) is 5.41 Å². The Balaban J connectivity index is 1.97. The second kappa shape index (κ2) is 4.57. The number of hydrogen-bond donors (Lipinski definition) is 2. The van der Waals surface area contributed by atoms with E-state index in [1.54, 1.807) is 0 Å². The monoisotopic (exact) mass is 250 g/mol. The van der Waals surface area contributed by atoms with Gasteiger partial charge in [0.1, 0.15) is 5.84 Å². The fourth-order valence-corrected chi connectivity index (χ4v) is 2.17. The maximum absolute atomic E-state index is 7.47. The quantitative estimate of drug-likeness (QED) is 0.553. The number of imidazole rings is 1. The van der Waals surface area contributed by atoms with E-state index in [-0.39, 0.29) is 5.84 Å². The van der Waals surface area contributed by atoms with Crippen molar-refractivity contribution in [3.8, 4) is 0 Å². The Labute approximate surface area is 111 Å². The van der Waals surface area contributed by atoms with Gasteiger partial charge in [-0.25, -0.2) is 4.98 Å². The predicted molar refractivity (Wildman–Crippen MR) is 76.3 cm³/mol. The smallest absolute Gasteiger partial charge is 0.122 e. The first-order chi connectivity index (χ1) is 9.24. The minimum Gasteiger partial charge on any atom is -0.384 e. The molecule has 0 amide bonds. The summed E-state index contributed by atoms with van der Waals surface area (Å²) in [6.07, 6.45) is 1.84. The van der Waals surface area contributed by atoms with Gasteiger partial charge in [0.15, 0.2) is 0 Å². The molecule has 0 bridgehead atoms. The molecule has 3 rings (SSSR count). The number of nitrogens with one attached hydrogen (secondary N) is 1. The van der Waals surface area contributed by atoms with Crippen LogP contribution in [0.1, 0.15) is 11.1 Å². The lowest BCUT2D eigenvalue weighted by atomic mass is 10.1. The molecule has 0 fully saturated rings. The summed E-state index contributed by atoms with van der Waals surface area (Å²) in [6, 6.07) is 15.8. The van der Waals surface area contributed by atoms with Crippen LogP contribution in [0.2, 0.25) is 0 Å². The molecule has 0 unspecified atom stereocenters. The molecule has 0 aliphatic heterocycles. The molecule has 0 atom stereocenters. The van der Waals surface area contributed by atoms with Gasteiger partial charge in [-0.1, -0.05) is 30.3 Å². The zero-order valence-electron chi connectivity index (χ0n) is 10.4. The molecule has 3 aromatic rings. The first kappa shape index (κ1) is 11.5. The summed E-state index contributed by atoms with van der Waals surface area (Å²) in [5, 5.41) is 7.47. The molecule has 0 spiro atoms. The Morgan fingerprint density at radius 3 is 2.84 bits per heavy atom. The largest absolute Gasteiger partial charge is 0.384 e. The SMILES string of the molecule is N=C(N)c1cccc(Cn2cnc3ccccc32)c1. The number of nitrogens with two attached hydrogens (primary N) is 1. The molecule has 0 aliphatic rings. The number of hydrogen-bond acceptors (Lipinski definition) is 2. The molecular weight excluding hydrogens is 236 g/mol. The standard InChI is InChI=1S/C15H14N4/c16-15(17)12-5-3-4-11(8-12)9-19-10-18-13-6-1-2-7-14(13)19/h1-8,10H,9H2,(H3,16,17). The highest BCUT2D eigenvalue weighted by Crippen LogP contribution is 2.14. The number of aromatic nitrogens is 2. The van der Waals surface area contributed by atoms with E-state index in [4.69, 9.17) is 11.1 Å². The molecule has 4 heteroatoms. The van der Waals surface area contributed by atoms with E-state index >= 15 is 0 Å². The first-order valence-corrected chi connectivity index (χ1v) is 6.07. The molecule has 4 nitrogen and oxygen atoms in total. The summed E-state index contributed by atoms with van der Waals surface area (Å²) in [6.45, 7) is 0.724. The Morgan fingerprint density at radius 2 is 2.00 bits per heavy atom. The molecule has 0 saturated carbocycles. The van der Waals surface area contributed by atoms with Gasteiger partial charge in [-0.3, -0.25) is 5.41 Å². The summed E-state index contributed by atoms with van der Waals surface area (Å²) in [5.74, 6) is 0.0948. The van der Waals surface area contributed by atoms with E-state index in [0.29, 0.717) is 0 Å². The van der Waals surface area contributed by atoms with Gasteiger partial charge in [0.25, 0.3) is 0 Å². The molecule has 1 aromatic heterocycles. The summed E-state index contributed by atoms with van der Waals surface area (Å²) < 4.78 is 2.09. The number of nitrogen functional groups attached to an aromatic ring is 1. The fourth-order valence-electron chi connectivity index (χ4n) is 2.17. The summed E-state index contributed by atoms with van der Waals surface area (Å²) >= 11 is 0. The summed E-state index contributed by atoms with van der Waals surface area (Å²) in [4.78, 5) is 4.37. The van der Waals surface area contributed by atoms with Crippen LogP contribution in [0.5, 0.6) is 0 Å². The summed E-state index contributed by atoms with van der Waals surface area (Å²) in [5.41, 5.74) is 9.47. The number of fused-ring (bicyclic) bond motifs is 1. The molecule has 0 saturated heterocycles. The molecular formula is C15H14N4. The van der Waals surface area contributed by atoms with Crippen molar-refractivity contribution in [3.63, 3.8) is 0 Å². The van der Waals surface area contributed by atoms with Crippen molar-refractivity contribution >= 4 is 16.9 Å². The van der Waals surface area contributed by atoms with Gasteiger partial charge in [0.05, 0.1) is 17.4 Å². The fraction of sp³-hybridized carbons (Fsp3) is 0.0667. The van der Waals surface area contributed by atoms with Crippen LogP contribution in [0.15, 0.2) is 54.9 Å². The van der Waals surface area contributed by atoms with Crippen molar-refractivity contribution in [3.05, 3.63) is 66.0 Å². The maximum atomic E-state index is 7.47. The number of nitrogens with zero attached hydrogens (tertiary/aromatic N) is 2. The number of amidine groups is 1. The lowest BCUT2D eigenvalue weighted by Crippen LogP contribution is -2.11.